The Kier molecular flexibility index (Phi) is 5.26. The Morgan fingerprint density at radius 1 is 1.19 bits per heavy atom. The van der Waals surface area contributed by atoms with Gasteiger partial charge in [-0.1, -0.05) is 27.7 Å². The summed E-state index contributed by atoms with van der Waals surface area (Å²) < 4.78 is 0. The maximum atomic E-state index is 9.45. The third kappa shape index (κ3) is 5.31. The molecule has 0 unspecified atom stereocenters. The van der Waals surface area contributed by atoms with Crippen molar-refractivity contribution in [3.05, 3.63) is 0 Å². The summed E-state index contributed by atoms with van der Waals surface area (Å²) >= 11 is 0. The smallest absolute Gasteiger partial charge is 0.0541 e. The molecule has 0 radical (unpaired) electrons. The second-order valence-electron chi connectivity index (χ2n) is 6.65. The van der Waals surface area contributed by atoms with Crippen molar-refractivity contribution >= 4 is 0 Å². The number of hydrogen-bond acceptors (Lipinski definition) is 2. The fourth-order valence-electron chi connectivity index (χ4n) is 2.88. The van der Waals surface area contributed by atoms with Crippen LogP contribution < -0.4 is 5.32 Å². The molecule has 0 aliphatic heterocycles. The Balaban J connectivity index is 2.23. The first-order valence-corrected chi connectivity index (χ1v) is 6.80. The number of rotatable bonds is 5. The third-order valence-corrected chi connectivity index (χ3v) is 3.53. The summed E-state index contributed by atoms with van der Waals surface area (Å²) in [5.41, 5.74) is 0.393. The molecule has 16 heavy (non-hydrogen) atoms. The predicted molar refractivity (Wildman–Crippen MR) is 69.5 cm³/mol. The highest BCUT2D eigenvalue weighted by Crippen LogP contribution is 2.25. The lowest BCUT2D eigenvalue weighted by Gasteiger charge is -2.32. The molecule has 1 saturated carbocycles. The summed E-state index contributed by atoms with van der Waals surface area (Å²) in [6.07, 6.45) is 5.46. The van der Waals surface area contributed by atoms with Gasteiger partial charge in [0.2, 0.25) is 0 Å². The second kappa shape index (κ2) is 6.02. The first kappa shape index (κ1) is 14.0. The number of hydrogen-bond donors (Lipinski definition) is 2. The summed E-state index contributed by atoms with van der Waals surface area (Å²) in [7, 11) is 0. The lowest BCUT2D eigenvalue weighted by molar-refractivity contribution is 0.113. The van der Waals surface area contributed by atoms with E-state index in [2.05, 4.69) is 33.0 Å². The summed E-state index contributed by atoms with van der Waals surface area (Å²) in [5.74, 6) is 0.768. The van der Waals surface area contributed by atoms with Crippen LogP contribution in [0.15, 0.2) is 0 Å². The van der Waals surface area contributed by atoms with Crippen LogP contribution in [0.2, 0.25) is 0 Å². The van der Waals surface area contributed by atoms with Gasteiger partial charge in [0.05, 0.1) is 6.10 Å². The van der Waals surface area contributed by atoms with E-state index in [1.165, 1.54) is 6.42 Å². The van der Waals surface area contributed by atoms with Crippen LogP contribution in [0.4, 0.5) is 0 Å². The third-order valence-electron chi connectivity index (χ3n) is 3.53. The van der Waals surface area contributed by atoms with Gasteiger partial charge in [-0.25, -0.2) is 0 Å². The van der Waals surface area contributed by atoms with Crippen molar-refractivity contribution in [2.75, 3.05) is 6.54 Å². The van der Waals surface area contributed by atoms with Gasteiger partial charge in [0, 0.05) is 12.6 Å². The normalized spacial score (nSPS) is 27.4. The SMILES string of the molecule is CC(C)CC(C)(C)CNC1CCC(O)CC1. The van der Waals surface area contributed by atoms with E-state index in [1.54, 1.807) is 0 Å². The quantitative estimate of drug-likeness (QED) is 0.757. The molecule has 0 aromatic carbocycles. The first-order valence-electron chi connectivity index (χ1n) is 6.80. The van der Waals surface area contributed by atoms with Crippen molar-refractivity contribution in [1.82, 2.24) is 5.32 Å². The van der Waals surface area contributed by atoms with E-state index >= 15 is 0 Å². The standard InChI is InChI=1S/C14H29NO/c1-11(2)9-14(3,4)10-15-12-5-7-13(16)8-6-12/h11-13,15-16H,5-10H2,1-4H3. The fourth-order valence-corrected chi connectivity index (χ4v) is 2.88. The molecule has 0 spiro atoms. The highest BCUT2D eigenvalue weighted by atomic mass is 16.3. The molecule has 2 heteroatoms. The number of aliphatic hydroxyl groups excluding tert-OH is 1. The van der Waals surface area contributed by atoms with Crippen LogP contribution in [-0.4, -0.2) is 23.8 Å². The van der Waals surface area contributed by atoms with Crippen molar-refractivity contribution in [3.8, 4) is 0 Å². The summed E-state index contributed by atoms with van der Waals surface area (Å²) in [6, 6.07) is 0.634. The van der Waals surface area contributed by atoms with E-state index in [0.29, 0.717) is 11.5 Å². The van der Waals surface area contributed by atoms with Gasteiger partial charge >= 0.3 is 0 Å². The van der Waals surface area contributed by atoms with E-state index in [-0.39, 0.29) is 6.10 Å². The predicted octanol–water partition coefficient (Wildman–Crippen LogP) is 2.95. The molecule has 1 fully saturated rings. The van der Waals surface area contributed by atoms with Crippen LogP contribution in [0.25, 0.3) is 0 Å². The zero-order valence-corrected chi connectivity index (χ0v) is 11.4. The number of aliphatic hydroxyl groups is 1. The van der Waals surface area contributed by atoms with E-state index in [9.17, 15) is 5.11 Å². The molecule has 0 aromatic rings. The highest BCUT2D eigenvalue weighted by molar-refractivity contribution is 4.80. The van der Waals surface area contributed by atoms with Crippen molar-refractivity contribution in [3.63, 3.8) is 0 Å². The second-order valence-corrected chi connectivity index (χ2v) is 6.65. The van der Waals surface area contributed by atoms with Crippen LogP contribution >= 0.6 is 0 Å². The van der Waals surface area contributed by atoms with Crippen LogP contribution in [0.1, 0.15) is 59.8 Å². The molecular weight excluding hydrogens is 198 g/mol. The summed E-state index contributed by atoms with van der Waals surface area (Å²) in [4.78, 5) is 0. The molecule has 96 valence electrons. The molecule has 1 aliphatic carbocycles. The minimum absolute atomic E-state index is 0.0401. The lowest BCUT2D eigenvalue weighted by Crippen LogP contribution is -2.40. The molecule has 1 rings (SSSR count). The molecule has 2 nitrogen and oxygen atoms in total. The van der Waals surface area contributed by atoms with Crippen LogP contribution in [0.3, 0.4) is 0 Å². The van der Waals surface area contributed by atoms with Gasteiger partial charge < -0.3 is 10.4 Å². The topological polar surface area (TPSA) is 32.3 Å². The van der Waals surface area contributed by atoms with Crippen LogP contribution in [-0.2, 0) is 0 Å². The average Bonchev–Trinajstić information content (AvgIpc) is 2.15. The van der Waals surface area contributed by atoms with Gasteiger partial charge in [-0.2, -0.15) is 0 Å². The van der Waals surface area contributed by atoms with Gasteiger partial charge in [-0.15, -0.1) is 0 Å². The van der Waals surface area contributed by atoms with E-state index in [4.69, 9.17) is 0 Å². The monoisotopic (exact) mass is 227 g/mol. The van der Waals surface area contributed by atoms with Gasteiger partial charge in [0.15, 0.2) is 0 Å². The van der Waals surface area contributed by atoms with Crippen molar-refractivity contribution < 1.29 is 5.11 Å². The Morgan fingerprint density at radius 3 is 2.25 bits per heavy atom. The summed E-state index contributed by atoms with van der Waals surface area (Å²) in [5, 5.41) is 13.1. The average molecular weight is 227 g/mol. The van der Waals surface area contributed by atoms with Crippen molar-refractivity contribution in [2.24, 2.45) is 11.3 Å². The molecule has 0 aromatic heterocycles. The maximum Gasteiger partial charge on any atom is 0.0541 e. The van der Waals surface area contributed by atoms with Crippen molar-refractivity contribution in [1.29, 1.82) is 0 Å². The molecular formula is C14H29NO. The summed E-state index contributed by atoms with van der Waals surface area (Å²) in [6.45, 7) is 10.4. The molecule has 2 N–H and O–H groups in total. The molecule has 0 heterocycles. The first-order chi connectivity index (χ1) is 7.39. The van der Waals surface area contributed by atoms with Crippen LogP contribution in [0.5, 0.6) is 0 Å². The minimum Gasteiger partial charge on any atom is -0.393 e. The Bertz CT molecular complexity index is 193. The van der Waals surface area contributed by atoms with Gasteiger partial charge in [0.25, 0.3) is 0 Å². The largest absolute Gasteiger partial charge is 0.393 e. The van der Waals surface area contributed by atoms with Gasteiger partial charge in [0.1, 0.15) is 0 Å². The van der Waals surface area contributed by atoms with E-state index in [1.807, 2.05) is 0 Å². The van der Waals surface area contributed by atoms with Gasteiger partial charge in [-0.05, 0) is 43.4 Å². The fraction of sp³-hybridized carbons (Fsp3) is 1.00. The van der Waals surface area contributed by atoms with Crippen molar-refractivity contribution in [2.45, 2.75) is 71.9 Å². The Morgan fingerprint density at radius 2 is 1.75 bits per heavy atom. The minimum atomic E-state index is -0.0401. The zero-order chi connectivity index (χ0) is 12.2. The molecule has 0 atom stereocenters. The lowest BCUT2D eigenvalue weighted by atomic mass is 9.83. The molecule has 0 bridgehead atoms. The highest BCUT2D eigenvalue weighted by Gasteiger charge is 2.23. The Labute approximate surface area is 101 Å². The van der Waals surface area contributed by atoms with Crippen LogP contribution in [0, 0.1) is 11.3 Å². The zero-order valence-electron chi connectivity index (χ0n) is 11.4. The van der Waals surface area contributed by atoms with E-state index < -0.39 is 0 Å². The molecule has 0 saturated heterocycles. The maximum absolute atomic E-state index is 9.45. The van der Waals surface area contributed by atoms with E-state index in [0.717, 1.165) is 38.1 Å². The Hall–Kier alpha value is -0.0800. The number of nitrogens with one attached hydrogen (secondary N) is 1. The molecule has 1 aliphatic rings. The van der Waals surface area contributed by atoms with Gasteiger partial charge in [-0.3, -0.25) is 0 Å². The molecule has 0 amide bonds.